The van der Waals surface area contributed by atoms with Crippen molar-refractivity contribution in [2.75, 3.05) is 5.32 Å². The molecule has 3 aromatic rings. The summed E-state index contributed by atoms with van der Waals surface area (Å²) >= 11 is 0. The zero-order valence-corrected chi connectivity index (χ0v) is 12.6. The van der Waals surface area contributed by atoms with E-state index in [-0.39, 0.29) is 12.8 Å². The van der Waals surface area contributed by atoms with Gasteiger partial charge in [-0.25, -0.2) is 4.39 Å². The van der Waals surface area contributed by atoms with Gasteiger partial charge in [0, 0.05) is 25.9 Å². The Morgan fingerprint density at radius 1 is 0.957 bits per heavy atom. The van der Waals surface area contributed by atoms with E-state index >= 15 is 0 Å². The first-order valence-electron chi connectivity index (χ1n) is 7.43. The molecule has 0 spiro atoms. The normalized spacial score (nSPS) is 10.5. The van der Waals surface area contributed by atoms with E-state index in [1.54, 1.807) is 29.0 Å². The second kappa shape index (κ2) is 6.92. The molecule has 1 aromatic heterocycles. The maximum absolute atomic E-state index is 13.2. The summed E-state index contributed by atoms with van der Waals surface area (Å²) in [6.07, 6.45) is 1.72. The van der Waals surface area contributed by atoms with Crippen LogP contribution in [-0.4, -0.2) is 4.57 Å². The number of hydrogen-bond acceptors (Lipinski definition) is 2. The SMILES string of the molecule is O=c1cc(NCc2ccccc2)ccn1Cc1cccc(F)c1.[HH]. The van der Waals surface area contributed by atoms with Gasteiger partial charge in [-0.15, -0.1) is 0 Å². The summed E-state index contributed by atoms with van der Waals surface area (Å²) in [6.45, 7) is 1.02. The van der Waals surface area contributed by atoms with Crippen molar-refractivity contribution in [2.45, 2.75) is 13.1 Å². The Morgan fingerprint density at radius 2 is 1.74 bits per heavy atom. The molecule has 0 unspecified atom stereocenters. The van der Waals surface area contributed by atoms with Gasteiger partial charge in [0.15, 0.2) is 0 Å². The lowest BCUT2D eigenvalue weighted by atomic mass is 10.2. The minimum atomic E-state index is -0.295. The number of nitrogens with one attached hydrogen (secondary N) is 1. The third-order valence-electron chi connectivity index (χ3n) is 3.58. The maximum Gasteiger partial charge on any atom is 0.252 e. The van der Waals surface area contributed by atoms with E-state index in [1.165, 1.54) is 12.1 Å². The van der Waals surface area contributed by atoms with Gasteiger partial charge < -0.3 is 9.88 Å². The number of nitrogens with zero attached hydrogens (tertiary/aromatic N) is 1. The molecule has 0 aliphatic carbocycles. The van der Waals surface area contributed by atoms with E-state index in [0.717, 1.165) is 16.8 Å². The zero-order valence-electron chi connectivity index (χ0n) is 12.6. The smallest absolute Gasteiger partial charge is 0.252 e. The second-order valence-corrected chi connectivity index (χ2v) is 5.35. The van der Waals surface area contributed by atoms with E-state index < -0.39 is 0 Å². The Morgan fingerprint density at radius 3 is 2.48 bits per heavy atom. The third kappa shape index (κ3) is 4.07. The Balaban J connectivity index is 0.00000208. The molecule has 0 saturated carbocycles. The van der Waals surface area contributed by atoms with Crippen LogP contribution in [0.15, 0.2) is 77.7 Å². The van der Waals surface area contributed by atoms with Gasteiger partial charge in [0.1, 0.15) is 5.82 Å². The molecular weight excluding hydrogens is 291 g/mol. The van der Waals surface area contributed by atoms with Crippen molar-refractivity contribution >= 4 is 5.69 Å². The maximum atomic E-state index is 13.2. The van der Waals surface area contributed by atoms with Crippen LogP contribution < -0.4 is 10.9 Å². The summed E-state index contributed by atoms with van der Waals surface area (Å²) in [6, 6.07) is 19.7. The van der Waals surface area contributed by atoms with E-state index in [1.807, 2.05) is 36.4 Å². The van der Waals surface area contributed by atoms with Crippen LogP contribution in [0.2, 0.25) is 0 Å². The molecule has 0 saturated heterocycles. The monoisotopic (exact) mass is 310 g/mol. The molecule has 0 radical (unpaired) electrons. The van der Waals surface area contributed by atoms with E-state index in [2.05, 4.69) is 5.32 Å². The average Bonchev–Trinajstić information content (AvgIpc) is 2.56. The fourth-order valence-corrected chi connectivity index (χ4v) is 2.38. The minimum absolute atomic E-state index is 0. The van der Waals surface area contributed by atoms with Gasteiger partial charge in [-0.2, -0.15) is 0 Å². The second-order valence-electron chi connectivity index (χ2n) is 5.35. The highest BCUT2D eigenvalue weighted by molar-refractivity contribution is 5.42. The molecule has 2 aromatic carbocycles. The first-order valence-corrected chi connectivity index (χ1v) is 7.43. The summed E-state index contributed by atoms with van der Waals surface area (Å²) in [5.74, 6) is -0.295. The standard InChI is InChI=1S/C19H17FN2O.H2/c20-17-8-4-7-16(11-17)14-22-10-9-18(12-19(22)23)21-13-15-5-2-1-3-6-15;/h1-12,21H,13-14H2;1H. The number of halogens is 1. The number of pyridine rings is 1. The van der Waals surface area contributed by atoms with E-state index in [0.29, 0.717) is 13.1 Å². The number of anilines is 1. The van der Waals surface area contributed by atoms with Crippen molar-refractivity contribution in [3.8, 4) is 0 Å². The molecule has 3 nitrogen and oxygen atoms in total. The van der Waals surface area contributed by atoms with Crippen LogP contribution in [0.25, 0.3) is 0 Å². The van der Waals surface area contributed by atoms with Crippen LogP contribution in [0.5, 0.6) is 0 Å². The number of rotatable bonds is 5. The number of aromatic nitrogens is 1. The summed E-state index contributed by atoms with van der Waals surface area (Å²) in [7, 11) is 0. The fraction of sp³-hybridized carbons (Fsp3) is 0.105. The van der Waals surface area contributed by atoms with Gasteiger partial charge in [-0.1, -0.05) is 42.5 Å². The van der Waals surface area contributed by atoms with E-state index in [9.17, 15) is 9.18 Å². The molecule has 0 aliphatic heterocycles. The Hall–Kier alpha value is -2.88. The van der Waals surface area contributed by atoms with Crippen LogP contribution in [0, 0.1) is 5.82 Å². The van der Waals surface area contributed by atoms with Crippen LogP contribution in [0.1, 0.15) is 12.6 Å². The molecule has 23 heavy (non-hydrogen) atoms. The van der Waals surface area contributed by atoms with Gasteiger partial charge in [0.05, 0.1) is 6.54 Å². The molecule has 4 heteroatoms. The lowest BCUT2D eigenvalue weighted by molar-refractivity contribution is 0.623. The summed E-state index contributed by atoms with van der Waals surface area (Å²) in [4.78, 5) is 12.2. The highest BCUT2D eigenvalue weighted by atomic mass is 19.1. The highest BCUT2D eigenvalue weighted by Gasteiger charge is 2.01. The van der Waals surface area contributed by atoms with Crippen LogP contribution in [-0.2, 0) is 13.1 Å². The van der Waals surface area contributed by atoms with Gasteiger partial charge >= 0.3 is 0 Å². The molecular formula is C19H19FN2O. The largest absolute Gasteiger partial charge is 0.381 e. The van der Waals surface area contributed by atoms with Gasteiger partial charge in [-0.3, -0.25) is 4.79 Å². The minimum Gasteiger partial charge on any atom is -0.381 e. The Labute approximate surface area is 135 Å². The highest BCUT2D eigenvalue weighted by Crippen LogP contribution is 2.08. The van der Waals surface area contributed by atoms with Crippen LogP contribution in [0.4, 0.5) is 10.1 Å². The molecule has 1 heterocycles. The molecule has 118 valence electrons. The molecule has 3 rings (SSSR count). The first-order chi connectivity index (χ1) is 11.2. The first kappa shape index (κ1) is 15.0. The lowest BCUT2D eigenvalue weighted by Crippen LogP contribution is -2.19. The predicted molar refractivity (Wildman–Crippen MR) is 92.1 cm³/mol. The fourth-order valence-electron chi connectivity index (χ4n) is 2.38. The van der Waals surface area contributed by atoms with Crippen molar-refractivity contribution < 1.29 is 5.82 Å². The molecule has 1 N–H and O–H groups in total. The quantitative estimate of drug-likeness (QED) is 0.775. The molecule has 0 bridgehead atoms. The summed E-state index contributed by atoms with van der Waals surface area (Å²) < 4.78 is 14.8. The Kier molecular flexibility index (Phi) is 4.52. The molecule has 0 amide bonds. The van der Waals surface area contributed by atoms with Crippen molar-refractivity contribution in [3.05, 3.63) is 100 Å². The average molecular weight is 310 g/mol. The number of benzene rings is 2. The number of hydrogen-bond donors (Lipinski definition) is 1. The molecule has 0 atom stereocenters. The topological polar surface area (TPSA) is 34.0 Å². The lowest BCUT2D eigenvalue weighted by Gasteiger charge is -2.09. The Bertz CT molecular complexity index is 849. The summed E-state index contributed by atoms with van der Waals surface area (Å²) in [5.41, 5.74) is 2.57. The van der Waals surface area contributed by atoms with Gasteiger partial charge in [0.25, 0.3) is 5.56 Å². The third-order valence-corrected chi connectivity index (χ3v) is 3.58. The molecule has 0 aliphatic rings. The van der Waals surface area contributed by atoms with Crippen molar-refractivity contribution in [3.63, 3.8) is 0 Å². The van der Waals surface area contributed by atoms with Crippen molar-refractivity contribution in [1.82, 2.24) is 4.57 Å². The van der Waals surface area contributed by atoms with Crippen molar-refractivity contribution in [1.29, 1.82) is 0 Å². The van der Waals surface area contributed by atoms with Gasteiger partial charge in [-0.05, 0) is 29.3 Å². The van der Waals surface area contributed by atoms with Crippen LogP contribution in [0.3, 0.4) is 0 Å². The van der Waals surface area contributed by atoms with Crippen LogP contribution >= 0.6 is 0 Å². The predicted octanol–water partition coefficient (Wildman–Crippen LogP) is 3.89. The summed E-state index contributed by atoms with van der Waals surface area (Å²) in [5, 5.41) is 3.23. The van der Waals surface area contributed by atoms with Gasteiger partial charge in [0.2, 0.25) is 0 Å². The zero-order chi connectivity index (χ0) is 16.1. The van der Waals surface area contributed by atoms with E-state index in [4.69, 9.17) is 0 Å². The van der Waals surface area contributed by atoms with Crippen molar-refractivity contribution in [2.24, 2.45) is 0 Å². The molecule has 0 fully saturated rings.